The molecule has 0 amide bonds. The van der Waals surface area contributed by atoms with E-state index in [9.17, 15) is 12.8 Å². The summed E-state index contributed by atoms with van der Waals surface area (Å²) in [6.07, 6.45) is 5.68. The first-order valence-corrected chi connectivity index (χ1v) is 9.96. The highest BCUT2D eigenvalue weighted by Crippen LogP contribution is 2.29. The van der Waals surface area contributed by atoms with Gasteiger partial charge in [0.25, 0.3) is 10.0 Å². The maximum Gasteiger partial charge on any atom is 0.269 e. The van der Waals surface area contributed by atoms with Crippen LogP contribution in [0.2, 0.25) is 0 Å². The molecule has 0 aliphatic heterocycles. The third-order valence-corrected chi connectivity index (χ3v) is 5.63. The van der Waals surface area contributed by atoms with Crippen LogP contribution in [-0.4, -0.2) is 31.0 Å². The number of rotatable bonds is 8. The van der Waals surface area contributed by atoms with Crippen molar-refractivity contribution < 1.29 is 17.5 Å². The van der Waals surface area contributed by atoms with Gasteiger partial charge in [0.15, 0.2) is 0 Å². The first-order chi connectivity index (χ1) is 13.5. The zero-order valence-corrected chi connectivity index (χ0v) is 17.3. The summed E-state index contributed by atoms with van der Waals surface area (Å²) in [6, 6.07) is 9.08. The predicted octanol–water partition coefficient (Wildman–Crippen LogP) is 3.63. The highest BCUT2D eigenvalue weighted by atomic mass is 35.5. The summed E-state index contributed by atoms with van der Waals surface area (Å²) in [5.41, 5.74) is 1.14. The van der Waals surface area contributed by atoms with Gasteiger partial charge in [0, 0.05) is 30.6 Å². The third-order valence-electron chi connectivity index (χ3n) is 3.99. The lowest BCUT2D eigenvalue weighted by Gasteiger charge is -2.12. The molecule has 0 aliphatic carbocycles. The Labute approximate surface area is 175 Å². The summed E-state index contributed by atoms with van der Waals surface area (Å²) in [5, 5.41) is 2.97. The molecule has 2 aromatic heterocycles. The van der Waals surface area contributed by atoms with Crippen LogP contribution in [-0.2, 0) is 16.6 Å². The van der Waals surface area contributed by atoms with Crippen molar-refractivity contribution in [1.82, 2.24) is 14.3 Å². The van der Waals surface area contributed by atoms with Crippen molar-refractivity contribution in [3.63, 3.8) is 0 Å². The van der Waals surface area contributed by atoms with Crippen molar-refractivity contribution >= 4 is 22.4 Å². The minimum atomic E-state index is -4.03. The van der Waals surface area contributed by atoms with E-state index in [1.807, 2.05) is 0 Å². The number of benzene rings is 1. The van der Waals surface area contributed by atoms with Crippen LogP contribution in [0, 0.1) is 5.82 Å². The number of hydrogen-bond acceptors (Lipinski definition) is 5. The van der Waals surface area contributed by atoms with E-state index < -0.39 is 15.8 Å². The number of pyridine rings is 1. The first kappa shape index (κ1) is 22.6. The molecule has 9 heteroatoms. The lowest BCUT2D eigenvalue weighted by atomic mass is 10.1. The van der Waals surface area contributed by atoms with Crippen molar-refractivity contribution in [3.8, 4) is 17.0 Å². The lowest BCUT2D eigenvalue weighted by molar-refractivity contribution is 0.360. The van der Waals surface area contributed by atoms with Crippen LogP contribution < -0.4 is 10.1 Å². The molecule has 0 saturated carbocycles. The number of nitrogens with one attached hydrogen (secondary N) is 1. The topological polar surface area (TPSA) is 73.2 Å². The highest BCUT2D eigenvalue weighted by molar-refractivity contribution is 7.90. The van der Waals surface area contributed by atoms with E-state index in [1.54, 1.807) is 37.4 Å². The van der Waals surface area contributed by atoms with Crippen molar-refractivity contribution in [2.45, 2.75) is 11.4 Å². The summed E-state index contributed by atoms with van der Waals surface area (Å²) in [6.45, 7) is 4.22. The van der Waals surface area contributed by atoms with E-state index in [0.717, 1.165) is 3.97 Å². The Kier molecular flexibility index (Phi) is 7.55. The maximum atomic E-state index is 14.4. The molecule has 29 heavy (non-hydrogen) atoms. The third kappa shape index (κ3) is 4.84. The quantitative estimate of drug-likeness (QED) is 0.545. The molecule has 0 unspecified atom stereocenters. The SMILES string of the molecule is C=CCOc1cncc(S(=O)(=O)n2cc(CNC)cc2-c2ccccc2F)c1.Cl. The summed E-state index contributed by atoms with van der Waals surface area (Å²) in [7, 11) is -2.28. The van der Waals surface area contributed by atoms with Gasteiger partial charge in [-0.1, -0.05) is 24.8 Å². The average Bonchev–Trinajstić information content (AvgIpc) is 3.12. The fourth-order valence-electron chi connectivity index (χ4n) is 2.75. The Morgan fingerprint density at radius 1 is 1.28 bits per heavy atom. The van der Waals surface area contributed by atoms with Gasteiger partial charge in [0.05, 0.1) is 11.9 Å². The minimum absolute atomic E-state index is 0. The molecule has 0 fully saturated rings. The Morgan fingerprint density at radius 3 is 2.72 bits per heavy atom. The summed E-state index contributed by atoms with van der Waals surface area (Å²) in [5.74, 6) is -0.203. The van der Waals surface area contributed by atoms with Gasteiger partial charge in [0.1, 0.15) is 23.1 Å². The van der Waals surface area contributed by atoms with E-state index >= 15 is 0 Å². The van der Waals surface area contributed by atoms with E-state index in [0.29, 0.717) is 17.9 Å². The monoisotopic (exact) mass is 437 g/mol. The van der Waals surface area contributed by atoms with Crippen LogP contribution in [0.3, 0.4) is 0 Å². The van der Waals surface area contributed by atoms with Gasteiger partial charge in [0.2, 0.25) is 0 Å². The average molecular weight is 438 g/mol. The fourth-order valence-corrected chi connectivity index (χ4v) is 4.12. The fraction of sp³-hybridized carbons (Fsp3) is 0.150. The van der Waals surface area contributed by atoms with Gasteiger partial charge in [-0.2, -0.15) is 0 Å². The Balaban J connectivity index is 0.00000300. The van der Waals surface area contributed by atoms with Gasteiger partial charge in [-0.25, -0.2) is 16.8 Å². The second kappa shape index (κ2) is 9.69. The van der Waals surface area contributed by atoms with Crippen LogP contribution in [0.4, 0.5) is 4.39 Å². The number of ether oxygens (including phenoxy) is 1. The van der Waals surface area contributed by atoms with Gasteiger partial charge in [-0.3, -0.25) is 4.98 Å². The van der Waals surface area contributed by atoms with Gasteiger partial charge < -0.3 is 10.1 Å². The van der Waals surface area contributed by atoms with Crippen molar-refractivity contribution in [2.75, 3.05) is 13.7 Å². The van der Waals surface area contributed by atoms with Crippen molar-refractivity contribution in [1.29, 1.82) is 0 Å². The van der Waals surface area contributed by atoms with Crippen LogP contribution in [0.15, 0.2) is 72.5 Å². The molecule has 1 aromatic carbocycles. The molecular weight excluding hydrogens is 417 g/mol. The Morgan fingerprint density at radius 2 is 2.03 bits per heavy atom. The zero-order valence-electron chi connectivity index (χ0n) is 15.7. The molecule has 0 bridgehead atoms. The number of aromatic nitrogens is 2. The smallest absolute Gasteiger partial charge is 0.269 e. The molecular formula is C20H21ClFN3O3S. The van der Waals surface area contributed by atoms with Crippen LogP contribution in [0.1, 0.15) is 5.56 Å². The molecule has 3 rings (SSSR count). The zero-order chi connectivity index (χ0) is 20.1. The summed E-state index contributed by atoms with van der Waals surface area (Å²) < 4.78 is 47.4. The van der Waals surface area contributed by atoms with Gasteiger partial charge >= 0.3 is 0 Å². The first-order valence-electron chi connectivity index (χ1n) is 8.52. The molecule has 6 nitrogen and oxygen atoms in total. The Hall–Kier alpha value is -2.68. The molecule has 0 aliphatic rings. The normalized spacial score (nSPS) is 11.0. The summed E-state index contributed by atoms with van der Waals surface area (Å²) >= 11 is 0. The van der Waals surface area contributed by atoms with Crippen LogP contribution in [0.25, 0.3) is 11.3 Å². The van der Waals surface area contributed by atoms with E-state index in [4.69, 9.17) is 4.74 Å². The standard InChI is InChI=1S/C20H20FN3O3S.ClH/c1-3-8-27-16-10-17(13-23-12-16)28(25,26)24-14-15(11-22-2)9-20(24)18-6-4-5-7-19(18)21;/h3-7,9-10,12-14,22H,1,8,11H2,2H3;1H. The van der Waals surface area contributed by atoms with E-state index in [-0.39, 0.29) is 35.2 Å². The number of hydrogen-bond donors (Lipinski definition) is 1. The molecule has 0 saturated heterocycles. The van der Waals surface area contributed by atoms with E-state index in [2.05, 4.69) is 16.9 Å². The van der Waals surface area contributed by atoms with Crippen molar-refractivity contribution in [3.05, 3.63) is 79.0 Å². The molecule has 2 heterocycles. The molecule has 0 atom stereocenters. The number of nitrogens with zero attached hydrogens (tertiary/aromatic N) is 2. The highest BCUT2D eigenvalue weighted by Gasteiger charge is 2.24. The molecule has 0 radical (unpaired) electrons. The second-order valence-corrected chi connectivity index (χ2v) is 7.82. The molecule has 3 aromatic rings. The van der Waals surface area contributed by atoms with Crippen LogP contribution >= 0.6 is 12.4 Å². The molecule has 154 valence electrons. The van der Waals surface area contributed by atoms with E-state index in [1.165, 1.54) is 30.7 Å². The molecule has 0 spiro atoms. The van der Waals surface area contributed by atoms with Gasteiger partial charge in [-0.05, 0) is 30.8 Å². The Bertz CT molecular complexity index is 1100. The largest absolute Gasteiger partial charge is 0.488 e. The minimum Gasteiger partial charge on any atom is -0.488 e. The maximum absolute atomic E-state index is 14.4. The van der Waals surface area contributed by atoms with Gasteiger partial charge in [-0.15, -0.1) is 12.4 Å². The lowest BCUT2D eigenvalue weighted by Crippen LogP contribution is -2.14. The van der Waals surface area contributed by atoms with Crippen LogP contribution in [0.5, 0.6) is 5.75 Å². The second-order valence-electron chi connectivity index (χ2n) is 6.00. The van der Waals surface area contributed by atoms with Crippen molar-refractivity contribution in [2.24, 2.45) is 0 Å². The number of halogens is 2. The molecule has 1 N–H and O–H groups in total. The predicted molar refractivity (Wildman–Crippen MR) is 112 cm³/mol. The summed E-state index contributed by atoms with van der Waals surface area (Å²) in [4.78, 5) is 3.90.